The summed E-state index contributed by atoms with van der Waals surface area (Å²) < 4.78 is 0. The van der Waals surface area contributed by atoms with Crippen molar-refractivity contribution in [3.8, 4) is 0 Å². The van der Waals surface area contributed by atoms with Crippen molar-refractivity contribution in [1.29, 1.82) is 0 Å². The largest absolute Gasteiger partial charge is 0.481 e. The van der Waals surface area contributed by atoms with Crippen LogP contribution in [-0.2, 0) is 9.59 Å². The van der Waals surface area contributed by atoms with Gasteiger partial charge in [-0.3, -0.25) is 9.59 Å². The lowest BCUT2D eigenvalue weighted by atomic mass is 9.71. The van der Waals surface area contributed by atoms with Gasteiger partial charge in [0.1, 0.15) is 0 Å². The molecule has 20 heavy (non-hydrogen) atoms. The van der Waals surface area contributed by atoms with Crippen molar-refractivity contribution < 1.29 is 14.7 Å². The van der Waals surface area contributed by atoms with Crippen LogP contribution in [0.2, 0.25) is 0 Å². The summed E-state index contributed by atoms with van der Waals surface area (Å²) in [6.07, 6.45) is 5.02. The summed E-state index contributed by atoms with van der Waals surface area (Å²) in [4.78, 5) is 23.9. The summed E-state index contributed by atoms with van der Waals surface area (Å²) in [5.74, 6) is -0.731. The summed E-state index contributed by atoms with van der Waals surface area (Å²) in [7, 11) is 0. The van der Waals surface area contributed by atoms with Crippen LogP contribution in [0.25, 0.3) is 0 Å². The van der Waals surface area contributed by atoms with Crippen molar-refractivity contribution in [2.75, 3.05) is 6.54 Å². The van der Waals surface area contributed by atoms with Crippen LogP contribution in [0.4, 0.5) is 0 Å². The normalized spacial score (nSPS) is 38.2. The van der Waals surface area contributed by atoms with Crippen LogP contribution in [0, 0.1) is 11.3 Å². The first kappa shape index (κ1) is 15.3. The minimum absolute atomic E-state index is 0.0196. The Kier molecular flexibility index (Phi) is 4.68. The molecule has 1 saturated heterocycles. The van der Waals surface area contributed by atoms with Gasteiger partial charge in [-0.25, -0.2) is 0 Å². The maximum atomic E-state index is 12.4. The predicted molar refractivity (Wildman–Crippen MR) is 76.3 cm³/mol. The molecule has 1 aliphatic heterocycles. The molecule has 4 unspecified atom stereocenters. The van der Waals surface area contributed by atoms with Crippen LogP contribution in [0.5, 0.6) is 0 Å². The van der Waals surface area contributed by atoms with E-state index in [0.717, 1.165) is 38.6 Å². The van der Waals surface area contributed by atoms with Gasteiger partial charge in [0, 0.05) is 18.0 Å². The monoisotopic (exact) mass is 282 g/mol. The molecule has 2 aliphatic rings. The molecule has 3 N–H and O–H groups in total. The molecule has 2 rings (SSSR count). The lowest BCUT2D eigenvalue weighted by Crippen LogP contribution is -2.54. The Morgan fingerprint density at radius 1 is 1.30 bits per heavy atom. The molecule has 1 heterocycles. The van der Waals surface area contributed by atoms with E-state index in [1.807, 2.05) is 0 Å². The summed E-state index contributed by atoms with van der Waals surface area (Å²) >= 11 is 0. The smallest absolute Gasteiger partial charge is 0.311 e. The number of amides is 1. The first-order chi connectivity index (χ1) is 9.43. The van der Waals surface area contributed by atoms with Crippen LogP contribution in [-0.4, -0.2) is 35.6 Å². The van der Waals surface area contributed by atoms with Gasteiger partial charge in [0.25, 0.3) is 0 Å². The Bertz CT molecular complexity index is 385. The third-order valence-electron chi connectivity index (χ3n) is 5.01. The third-order valence-corrected chi connectivity index (χ3v) is 5.01. The molecule has 5 nitrogen and oxygen atoms in total. The average Bonchev–Trinajstić information content (AvgIpc) is 2.41. The molecule has 5 heteroatoms. The highest BCUT2D eigenvalue weighted by Gasteiger charge is 2.44. The summed E-state index contributed by atoms with van der Waals surface area (Å²) in [6.45, 7) is 4.71. The molecule has 0 aromatic heterocycles. The predicted octanol–water partition coefficient (Wildman–Crippen LogP) is 1.52. The first-order valence-electron chi connectivity index (χ1n) is 7.70. The zero-order valence-electron chi connectivity index (χ0n) is 12.4. The molecule has 0 bridgehead atoms. The van der Waals surface area contributed by atoms with E-state index in [-0.39, 0.29) is 17.9 Å². The number of carboxylic acids is 1. The van der Waals surface area contributed by atoms with Gasteiger partial charge in [-0.2, -0.15) is 0 Å². The number of piperidine rings is 1. The molecule has 1 saturated carbocycles. The van der Waals surface area contributed by atoms with Gasteiger partial charge in [-0.05, 0) is 46.1 Å². The number of carbonyl (C=O) groups excluding carboxylic acids is 1. The van der Waals surface area contributed by atoms with Gasteiger partial charge in [0.2, 0.25) is 5.91 Å². The third kappa shape index (κ3) is 3.14. The summed E-state index contributed by atoms with van der Waals surface area (Å²) in [6, 6.07) is 0.128. The minimum atomic E-state index is -0.813. The number of hydrogen-bond acceptors (Lipinski definition) is 3. The van der Waals surface area contributed by atoms with Crippen LogP contribution in [0.3, 0.4) is 0 Å². The molecule has 0 radical (unpaired) electrons. The second-order valence-corrected chi connectivity index (χ2v) is 6.61. The Hall–Kier alpha value is -1.10. The first-order valence-corrected chi connectivity index (χ1v) is 7.70. The molecule has 4 atom stereocenters. The molecule has 0 aromatic carbocycles. The van der Waals surface area contributed by atoms with Crippen LogP contribution >= 0.6 is 0 Å². The van der Waals surface area contributed by atoms with E-state index in [2.05, 4.69) is 17.6 Å². The average molecular weight is 282 g/mol. The van der Waals surface area contributed by atoms with Crippen LogP contribution in [0.1, 0.15) is 52.4 Å². The molecule has 1 aliphatic carbocycles. The Labute approximate surface area is 120 Å². The number of rotatable bonds is 3. The highest BCUT2D eigenvalue weighted by molar-refractivity contribution is 5.81. The van der Waals surface area contributed by atoms with Gasteiger partial charge in [0.05, 0.1) is 5.41 Å². The SMILES string of the molecule is CC1CC(C(=O)NC2CCCCC2(C)C(=O)O)CCN1. The van der Waals surface area contributed by atoms with Gasteiger partial charge >= 0.3 is 5.97 Å². The molecule has 0 spiro atoms. The van der Waals surface area contributed by atoms with Crippen LogP contribution in [0.15, 0.2) is 0 Å². The standard InChI is InChI=1S/C15H26N2O3/c1-10-9-11(6-8-16-10)13(18)17-12-5-3-4-7-15(12,2)14(19)20/h10-12,16H,3-9H2,1-2H3,(H,17,18)(H,19,20). The van der Waals surface area contributed by atoms with Gasteiger partial charge in [-0.1, -0.05) is 12.8 Å². The van der Waals surface area contributed by atoms with Crippen molar-refractivity contribution in [1.82, 2.24) is 10.6 Å². The van der Waals surface area contributed by atoms with Crippen LogP contribution < -0.4 is 10.6 Å². The highest BCUT2D eigenvalue weighted by Crippen LogP contribution is 2.36. The molecular formula is C15H26N2O3. The number of carboxylic acid groups (broad SMARTS) is 1. The molecule has 2 fully saturated rings. The minimum Gasteiger partial charge on any atom is -0.481 e. The quantitative estimate of drug-likeness (QED) is 0.733. The Balaban J connectivity index is 1.99. The molecule has 114 valence electrons. The van der Waals surface area contributed by atoms with Gasteiger partial charge in [-0.15, -0.1) is 0 Å². The van der Waals surface area contributed by atoms with Crippen molar-refractivity contribution >= 4 is 11.9 Å². The number of aliphatic carboxylic acids is 1. The van der Waals surface area contributed by atoms with E-state index in [1.165, 1.54) is 0 Å². The zero-order chi connectivity index (χ0) is 14.8. The lowest BCUT2D eigenvalue weighted by Gasteiger charge is -2.39. The Morgan fingerprint density at radius 2 is 2.05 bits per heavy atom. The van der Waals surface area contributed by atoms with Gasteiger partial charge in [0.15, 0.2) is 0 Å². The number of hydrogen-bond donors (Lipinski definition) is 3. The fourth-order valence-electron chi connectivity index (χ4n) is 3.48. The molecule has 0 aromatic rings. The van der Waals surface area contributed by atoms with E-state index in [1.54, 1.807) is 6.92 Å². The topological polar surface area (TPSA) is 78.4 Å². The van der Waals surface area contributed by atoms with E-state index in [9.17, 15) is 14.7 Å². The van der Waals surface area contributed by atoms with E-state index in [4.69, 9.17) is 0 Å². The lowest BCUT2D eigenvalue weighted by molar-refractivity contribution is -0.152. The second-order valence-electron chi connectivity index (χ2n) is 6.61. The number of carbonyl (C=O) groups is 2. The van der Waals surface area contributed by atoms with Gasteiger partial charge < -0.3 is 15.7 Å². The summed E-state index contributed by atoms with van der Waals surface area (Å²) in [5, 5.41) is 15.8. The highest BCUT2D eigenvalue weighted by atomic mass is 16.4. The molecular weight excluding hydrogens is 256 g/mol. The van der Waals surface area contributed by atoms with Crippen molar-refractivity contribution in [2.24, 2.45) is 11.3 Å². The second kappa shape index (κ2) is 6.12. The molecule has 1 amide bonds. The summed E-state index contributed by atoms with van der Waals surface area (Å²) in [5.41, 5.74) is -0.813. The fraction of sp³-hybridized carbons (Fsp3) is 0.867. The maximum absolute atomic E-state index is 12.4. The maximum Gasteiger partial charge on any atom is 0.311 e. The van der Waals surface area contributed by atoms with E-state index in [0.29, 0.717) is 12.5 Å². The zero-order valence-corrected chi connectivity index (χ0v) is 12.4. The van der Waals surface area contributed by atoms with E-state index >= 15 is 0 Å². The number of nitrogens with one attached hydrogen (secondary N) is 2. The fourth-order valence-corrected chi connectivity index (χ4v) is 3.48. The van der Waals surface area contributed by atoms with Crippen molar-refractivity contribution in [3.05, 3.63) is 0 Å². The van der Waals surface area contributed by atoms with E-state index < -0.39 is 11.4 Å². The Morgan fingerprint density at radius 3 is 2.70 bits per heavy atom. The van der Waals surface area contributed by atoms with Crippen molar-refractivity contribution in [3.63, 3.8) is 0 Å². The van der Waals surface area contributed by atoms with Crippen molar-refractivity contribution in [2.45, 2.75) is 64.5 Å².